The molecule has 0 fully saturated rings. The molecule has 2 aromatic rings. The number of amides is 2. The van der Waals surface area contributed by atoms with E-state index in [0.717, 1.165) is 11.3 Å². The van der Waals surface area contributed by atoms with Crippen molar-refractivity contribution in [3.05, 3.63) is 57.8 Å². The Balaban J connectivity index is 1.94. The van der Waals surface area contributed by atoms with Crippen molar-refractivity contribution in [2.75, 3.05) is 26.7 Å². The molecule has 1 aromatic heterocycles. The van der Waals surface area contributed by atoms with Gasteiger partial charge < -0.3 is 14.2 Å². The van der Waals surface area contributed by atoms with Gasteiger partial charge >= 0.3 is 6.09 Å². The number of nitrogens with zero attached hydrogens (tertiary/aromatic N) is 3. The molecule has 27 heavy (non-hydrogen) atoms. The number of benzene rings is 1. The summed E-state index contributed by atoms with van der Waals surface area (Å²) in [5.41, 5.74) is 1.87. The Morgan fingerprint density at radius 3 is 2.67 bits per heavy atom. The SMILES string of the molecule is CCN(CC(=O)N1CCn2cccc2[C@H]1c1ccc(Cl)c(Cl)c1)C(=O)OC. The molecule has 0 bridgehead atoms. The summed E-state index contributed by atoms with van der Waals surface area (Å²) in [4.78, 5) is 28.1. The molecule has 0 saturated carbocycles. The Hall–Kier alpha value is -2.18. The van der Waals surface area contributed by atoms with Crippen LogP contribution in [0.1, 0.15) is 24.2 Å². The van der Waals surface area contributed by atoms with E-state index in [1.807, 2.05) is 31.3 Å². The molecule has 0 N–H and O–H groups in total. The van der Waals surface area contributed by atoms with Crippen LogP contribution in [0.4, 0.5) is 4.79 Å². The van der Waals surface area contributed by atoms with Gasteiger partial charge in [-0.2, -0.15) is 0 Å². The van der Waals surface area contributed by atoms with E-state index in [1.165, 1.54) is 12.0 Å². The van der Waals surface area contributed by atoms with Crippen LogP contribution >= 0.6 is 23.2 Å². The molecule has 0 radical (unpaired) electrons. The first-order valence-electron chi connectivity index (χ1n) is 8.68. The zero-order valence-electron chi connectivity index (χ0n) is 15.2. The van der Waals surface area contributed by atoms with Gasteiger partial charge in [-0.3, -0.25) is 9.69 Å². The minimum Gasteiger partial charge on any atom is -0.453 e. The third-order valence-electron chi connectivity index (χ3n) is 4.76. The zero-order chi connectivity index (χ0) is 19.6. The van der Waals surface area contributed by atoms with Crippen LogP contribution in [0.15, 0.2) is 36.5 Å². The van der Waals surface area contributed by atoms with Gasteiger partial charge in [0.15, 0.2) is 0 Å². The predicted octanol–water partition coefficient (Wildman–Crippen LogP) is 3.81. The van der Waals surface area contributed by atoms with Crippen LogP contribution < -0.4 is 0 Å². The first-order valence-corrected chi connectivity index (χ1v) is 9.44. The third kappa shape index (κ3) is 3.92. The lowest BCUT2D eigenvalue weighted by atomic mass is 9.99. The van der Waals surface area contributed by atoms with Crippen LogP contribution in [-0.2, 0) is 16.1 Å². The maximum Gasteiger partial charge on any atom is 0.409 e. The largest absolute Gasteiger partial charge is 0.453 e. The molecular weight excluding hydrogens is 389 g/mol. The number of halogens is 2. The lowest BCUT2D eigenvalue weighted by Crippen LogP contribution is -2.47. The van der Waals surface area contributed by atoms with Gasteiger partial charge in [0.05, 0.1) is 23.2 Å². The summed E-state index contributed by atoms with van der Waals surface area (Å²) in [6.07, 6.45) is 1.48. The quantitative estimate of drug-likeness (QED) is 0.770. The number of carbonyl (C=O) groups is 2. The second-order valence-electron chi connectivity index (χ2n) is 6.27. The number of carbonyl (C=O) groups excluding carboxylic acids is 2. The molecule has 0 saturated heterocycles. The van der Waals surface area contributed by atoms with E-state index in [2.05, 4.69) is 4.57 Å². The van der Waals surface area contributed by atoms with Crippen LogP contribution in [-0.4, -0.2) is 53.1 Å². The van der Waals surface area contributed by atoms with E-state index < -0.39 is 6.09 Å². The molecular formula is C19H21Cl2N3O3. The monoisotopic (exact) mass is 409 g/mol. The van der Waals surface area contributed by atoms with Crippen molar-refractivity contribution in [1.29, 1.82) is 0 Å². The first kappa shape index (κ1) is 19.6. The molecule has 1 aromatic carbocycles. The number of rotatable bonds is 4. The number of hydrogen-bond acceptors (Lipinski definition) is 3. The van der Waals surface area contributed by atoms with Gasteiger partial charge in [-0.05, 0) is 36.8 Å². The highest BCUT2D eigenvalue weighted by molar-refractivity contribution is 6.42. The minimum atomic E-state index is -0.516. The van der Waals surface area contributed by atoms with E-state index in [1.54, 1.807) is 17.0 Å². The summed E-state index contributed by atoms with van der Waals surface area (Å²) >= 11 is 12.3. The molecule has 3 rings (SSSR count). The molecule has 6 nitrogen and oxygen atoms in total. The van der Waals surface area contributed by atoms with Crippen molar-refractivity contribution in [1.82, 2.24) is 14.4 Å². The number of likely N-dealkylation sites (N-methyl/N-ethyl adjacent to an activating group) is 1. The number of ether oxygens (including phenoxy) is 1. The summed E-state index contributed by atoms with van der Waals surface area (Å²) in [5, 5.41) is 0.905. The van der Waals surface area contributed by atoms with E-state index in [0.29, 0.717) is 29.7 Å². The maximum atomic E-state index is 13.1. The molecule has 0 unspecified atom stereocenters. The van der Waals surface area contributed by atoms with Crippen LogP contribution in [0.25, 0.3) is 0 Å². The second kappa shape index (κ2) is 8.23. The van der Waals surface area contributed by atoms with Crippen molar-refractivity contribution >= 4 is 35.2 Å². The number of hydrogen-bond donors (Lipinski definition) is 0. The lowest BCUT2D eigenvalue weighted by Gasteiger charge is -2.38. The second-order valence-corrected chi connectivity index (χ2v) is 7.09. The van der Waals surface area contributed by atoms with Gasteiger partial charge in [0.2, 0.25) is 5.91 Å². The fraction of sp³-hybridized carbons (Fsp3) is 0.368. The molecule has 2 heterocycles. The van der Waals surface area contributed by atoms with E-state index in [-0.39, 0.29) is 18.5 Å². The normalized spacial score (nSPS) is 16.0. The number of methoxy groups -OCH3 is 1. The summed E-state index contributed by atoms with van der Waals surface area (Å²) in [5.74, 6) is -0.147. The molecule has 8 heteroatoms. The van der Waals surface area contributed by atoms with Gasteiger partial charge in [0.25, 0.3) is 0 Å². The molecule has 1 atom stereocenters. The Labute approximate surface area is 168 Å². The van der Waals surface area contributed by atoms with Crippen molar-refractivity contribution in [2.45, 2.75) is 19.5 Å². The van der Waals surface area contributed by atoms with E-state index in [4.69, 9.17) is 27.9 Å². The summed E-state index contributed by atoms with van der Waals surface area (Å²) in [6, 6.07) is 9.05. The van der Waals surface area contributed by atoms with Gasteiger partial charge in [-0.25, -0.2) is 4.79 Å². The van der Waals surface area contributed by atoms with Crippen molar-refractivity contribution < 1.29 is 14.3 Å². The molecule has 1 aliphatic rings. The highest BCUT2D eigenvalue weighted by Crippen LogP contribution is 2.35. The Morgan fingerprint density at radius 2 is 2.00 bits per heavy atom. The minimum absolute atomic E-state index is 0.0400. The van der Waals surface area contributed by atoms with Crippen molar-refractivity contribution in [3.8, 4) is 0 Å². The van der Waals surface area contributed by atoms with Gasteiger partial charge in [-0.1, -0.05) is 29.3 Å². The average molecular weight is 410 g/mol. The Kier molecular flexibility index (Phi) is 5.97. The molecule has 144 valence electrons. The van der Waals surface area contributed by atoms with Crippen LogP contribution in [0.3, 0.4) is 0 Å². The van der Waals surface area contributed by atoms with Crippen LogP contribution in [0.2, 0.25) is 10.0 Å². The van der Waals surface area contributed by atoms with Gasteiger partial charge in [0, 0.05) is 31.5 Å². The lowest BCUT2D eigenvalue weighted by molar-refractivity contribution is -0.134. The fourth-order valence-corrected chi connectivity index (χ4v) is 3.68. The zero-order valence-corrected chi connectivity index (χ0v) is 16.7. The van der Waals surface area contributed by atoms with Crippen LogP contribution in [0, 0.1) is 0 Å². The highest BCUT2D eigenvalue weighted by atomic mass is 35.5. The molecule has 0 aliphatic carbocycles. The van der Waals surface area contributed by atoms with E-state index >= 15 is 0 Å². The highest BCUT2D eigenvalue weighted by Gasteiger charge is 2.33. The third-order valence-corrected chi connectivity index (χ3v) is 5.50. The summed E-state index contributed by atoms with van der Waals surface area (Å²) < 4.78 is 6.88. The first-order chi connectivity index (χ1) is 13.0. The Morgan fingerprint density at radius 1 is 1.22 bits per heavy atom. The van der Waals surface area contributed by atoms with Crippen molar-refractivity contribution in [3.63, 3.8) is 0 Å². The topological polar surface area (TPSA) is 54.8 Å². The number of aromatic nitrogens is 1. The van der Waals surface area contributed by atoms with Gasteiger partial charge in [-0.15, -0.1) is 0 Å². The average Bonchev–Trinajstić information content (AvgIpc) is 3.15. The number of fused-ring (bicyclic) bond motifs is 1. The van der Waals surface area contributed by atoms with Crippen LogP contribution in [0.5, 0.6) is 0 Å². The van der Waals surface area contributed by atoms with E-state index in [9.17, 15) is 9.59 Å². The van der Waals surface area contributed by atoms with Gasteiger partial charge in [0.1, 0.15) is 6.54 Å². The smallest absolute Gasteiger partial charge is 0.409 e. The maximum absolute atomic E-state index is 13.1. The Bertz CT molecular complexity index is 852. The molecule has 2 amide bonds. The predicted molar refractivity (Wildman–Crippen MR) is 104 cm³/mol. The molecule has 1 aliphatic heterocycles. The summed E-state index contributed by atoms with van der Waals surface area (Å²) in [7, 11) is 1.31. The standard InChI is InChI=1S/C19H21Cl2N3O3/c1-3-22(19(26)27-2)12-17(25)24-10-9-23-8-4-5-16(23)18(24)13-6-7-14(20)15(21)11-13/h4-8,11,18H,3,9-10,12H2,1-2H3/t18-/m1/s1. The summed E-state index contributed by atoms with van der Waals surface area (Å²) in [6.45, 7) is 3.38. The molecule has 0 spiro atoms. The van der Waals surface area contributed by atoms with Crippen molar-refractivity contribution in [2.24, 2.45) is 0 Å². The fourth-order valence-electron chi connectivity index (χ4n) is 3.37.